The normalized spacial score (nSPS) is 10.6. The predicted molar refractivity (Wildman–Crippen MR) is 138 cm³/mol. The summed E-state index contributed by atoms with van der Waals surface area (Å²) >= 11 is 5.43. The largest absolute Gasteiger partial charge is 0.422 e. The lowest BCUT2D eigenvalue weighted by Gasteiger charge is -2.09. The Balaban J connectivity index is 1.61. The maximum absolute atomic E-state index is 12.6. The number of amides is 2. The van der Waals surface area contributed by atoms with Crippen LogP contribution in [-0.2, 0) is 4.79 Å². The molecule has 0 aliphatic rings. The number of ether oxygens (including phenoxy) is 1. The molecule has 0 aromatic heterocycles. The van der Waals surface area contributed by atoms with Crippen LogP contribution in [0.3, 0.4) is 0 Å². The number of aryl methyl sites for hydroxylation is 1. The zero-order valence-corrected chi connectivity index (χ0v) is 21.2. The zero-order chi connectivity index (χ0) is 23.8. The summed E-state index contributed by atoms with van der Waals surface area (Å²) in [6.07, 6.45) is 1.37. The van der Waals surface area contributed by atoms with E-state index in [0.717, 1.165) is 13.6 Å². The molecule has 3 aromatic rings. The first-order valence-corrected chi connectivity index (χ1v) is 11.6. The standard InChI is InChI=1S/C24H19BrIN3O4/c1-15-6-2-3-7-18(15)24(32)33-21-11-10-17(25)12-16(21)13-28-29-22(30)14-27-23(31)19-8-4-5-9-20(19)26/h2-13H,14H2,1H3,(H,27,31)(H,29,30)/b28-13+. The molecule has 3 aromatic carbocycles. The van der Waals surface area contributed by atoms with E-state index in [-0.39, 0.29) is 18.2 Å². The number of hydrogen-bond donors (Lipinski definition) is 2. The average Bonchev–Trinajstić information content (AvgIpc) is 2.79. The maximum atomic E-state index is 12.6. The third-order valence-corrected chi connectivity index (χ3v) is 5.89. The van der Waals surface area contributed by atoms with Crippen LogP contribution in [-0.4, -0.2) is 30.5 Å². The SMILES string of the molecule is Cc1ccccc1C(=O)Oc1ccc(Br)cc1/C=N/NC(=O)CNC(=O)c1ccccc1I. The van der Waals surface area contributed by atoms with Crippen molar-refractivity contribution in [2.24, 2.45) is 5.10 Å². The van der Waals surface area contributed by atoms with Crippen molar-refractivity contribution in [2.75, 3.05) is 6.54 Å². The highest BCUT2D eigenvalue weighted by Crippen LogP contribution is 2.23. The van der Waals surface area contributed by atoms with Crippen molar-refractivity contribution in [1.29, 1.82) is 0 Å². The molecule has 2 amide bonds. The molecule has 0 unspecified atom stereocenters. The summed E-state index contributed by atoms with van der Waals surface area (Å²) in [4.78, 5) is 36.8. The fraction of sp³-hybridized carbons (Fsp3) is 0.0833. The van der Waals surface area contributed by atoms with Crippen molar-refractivity contribution in [2.45, 2.75) is 6.92 Å². The Labute approximate surface area is 212 Å². The first kappa shape index (κ1) is 24.6. The number of carbonyl (C=O) groups is 3. The molecule has 9 heteroatoms. The van der Waals surface area contributed by atoms with E-state index < -0.39 is 11.9 Å². The second-order valence-corrected chi connectivity index (χ2v) is 8.92. The predicted octanol–water partition coefficient (Wildman–Crippen LogP) is 4.46. The Hall–Kier alpha value is -3.05. The summed E-state index contributed by atoms with van der Waals surface area (Å²) in [5.41, 5.74) is 4.58. The number of esters is 1. The summed E-state index contributed by atoms with van der Waals surface area (Å²) < 4.78 is 7.07. The van der Waals surface area contributed by atoms with Crippen molar-refractivity contribution in [3.63, 3.8) is 0 Å². The minimum Gasteiger partial charge on any atom is -0.422 e. The number of nitrogens with one attached hydrogen (secondary N) is 2. The van der Waals surface area contributed by atoms with Crippen molar-refractivity contribution in [1.82, 2.24) is 10.7 Å². The maximum Gasteiger partial charge on any atom is 0.343 e. The van der Waals surface area contributed by atoms with Crippen LogP contribution in [0.1, 0.15) is 31.8 Å². The number of carbonyl (C=O) groups excluding carboxylic acids is 3. The molecule has 3 rings (SSSR count). The van der Waals surface area contributed by atoms with Gasteiger partial charge in [-0.15, -0.1) is 0 Å². The molecule has 0 atom stereocenters. The first-order valence-electron chi connectivity index (χ1n) is 9.77. The molecule has 0 bridgehead atoms. The monoisotopic (exact) mass is 619 g/mol. The van der Waals surface area contributed by atoms with Crippen LogP contribution in [0.5, 0.6) is 5.75 Å². The van der Waals surface area contributed by atoms with Gasteiger partial charge in [0.2, 0.25) is 0 Å². The molecular formula is C24H19BrIN3O4. The van der Waals surface area contributed by atoms with Crippen LogP contribution in [0.4, 0.5) is 0 Å². The van der Waals surface area contributed by atoms with E-state index in [1.165, 1.54) is 6.21 Å². The zero-order valence-electron chi connectivity index (χ0n) is 17.5. The first-order chi connectivity index (χ1) is 15.8. The molecule has 0 heterocycles. The van der Waals surface area contributed by atoms with Gasteiger partial charge in [-0.25, -0.2) is 10.2 Å². The molecule has 0 saturated carbocycles. The third kappa shape index (κ3) is 6.96. The van der Waals surface area contributed by atoms with Gasteiger partial charge in [-0.2, -0.15) is 5.10 Å². The summed E-state index contributed by atoms with van der Waals surface area (Å²) in [5.74, 6) is -1.06. The van der Waals surface area contributed by atoms with Gasteiger partial charge in [0.1, 0.15) is 5.75 Å². The molecule has 0 spiro atoms. The topological polar surface area (TPSA) is 96.9 Å². The van der Waals surface area contributed by atoms with Crippen LogP contribution in [0.25, 0.3) is 0 Å². The molecule has 0 aliphatic heterocycles. The van der Waals surface area contributed by atoms with Gasteiger partial charge in [0.05, 0.1) is 23.9 Å². The van der Waals surface area contributed by atoms with E-state index in [4.69, 9.17) is 4.74 Å². The Morgan fingerprint density at radius 2 is 1.73 bits per heavy atom. The van der Waals surface area contributed by atoms with Crippen molar-refractivity contribution < 1.29 is 19.1 Å². The average molecular weight is 620 g/mol. The fourth-order valence-electron chi connectivity index (χ4n) is 2.78. The number of nitrogens with zero attached hydrogens (tertiary/aromatic N) is 1. The van der Waals surface area contributed by atoms with E-state index in [1.807, 2.05) is 25.1 Å². The minimum atomic E-state index is -0.501. The Bertz CT molecular complexity index is 1230. The van der Waals surface area contributed by atoms with Gasteiger partial charge >= 0.3 is 5.97 Å². The van der Waals surface area contributed by atoms with E-state index in [9.17, 15) is 14.4 Å². The molecule has 168 valence electrons. The Kier molecular flexibility index (Phi) is 8.72. The molecule has 0 aliphatic carbocycles. The lowest BCUT2D eigenvalue weighted by atomic mass is 10.1. The highest BCUT2D eigenvalue weighted by molar-refractivity contribution is 14.1. The number of benzene rings is 3. The molecule has 0 radical (unpaired) electrons. The number of hydrogen-bond acceptors (Lipinski definition) is 5. The van der Waals surface area contributed by atoms with Gasteiger partial charge < -0.3 is 10.1 Å². The Morgan fingerprint density at radius 1 is 1.03 bits per heavy atom. The quantitative estimate of drug-likeness (QED) is 0.134. The van der Waals surface area contributed by atoms with Gasteiger partial charge in [-0.05, 0) is 71.5 Å². The van der Waals surface area contributed by atoms with Crippen LogP contribution in [0.15, 0.2) is 76.3 Å². The van der Waals surface area contributed by atoms with E-state index >= 15 is 0 Å². The second kappa shape index (κ2) is 11.7. The van der Waals surface area contributed by atoms with Crippen molar-refractivity contribution in [3.05, 3.63) is 97.0 Å². The minimum absolute atomic E-state index is 0.241. The molecule has 33 heavy (non-hydrogen) atoms. The summed E-state index contributed by atoms with van der Waals surface area (Å²) in [5, 5.41) is 6.47. The van der Waals surface area contributed by atoms with Crippen molar-refractivity contribution in [3.8, 4) is 5.75 Å². The van der Waals surface area contributed by atoms with Crippen LogP contribution in [0.2, 0.25) is 0 Å². The van der Waals surface area contributed by atoms with E-state index in [0.29, 0.717) is 16.7 Å². The lowest BCUT2D eigenvalue weighted by Crippen LogP contribution is -2.35. The van der Waals surface area contributed by atoms with Crippen LogP contribution >= 0.6 is 38.5 Å². The van der Waals surface area contributed by atoms with Crippen molar-refractivity contribution >= 4 is 62.5 Å². The molecular weight excluding hydrogens is 601 g/mol. The summed E-state index contributed by atoms with van der Waals surface area (Å²) in [6, 6.07) is 19.3. The molecule has 7 nitrogen and oxygen atoms in total. The summed E-state index contributed by atoms with van der Waals surface area (Å²) in [6.45, 7) is 1.59. The van der Waals surface area contributed by atoms with E-state index in [1.54, 1.807) is 48.5 Å². The smallest absolute Gasteiger partial charge is 0.343 e. The van der Waals surface area contributed by atoms with Gasteiger partial charge in [0.25, 0.3) is 11.8 Å². The van der Waals surface area contributed by atoms with E-state index in [2.05, 4.69) is 54.4 Å². The second-order valence-electron chi connectivity index (χ2n) is 6.84. The van der Waals surface area contributed by atoms with Gasteiger partial charge in [0.15, 0.2) is 0 Å². The fourth-order valence-corrected chi connectivity index (χ4v) is 3.80. The highest BCUT2D eigenvalue weighted by atomic mass is 127. The molecule has 0 saturated heterocycles. The van der Waals surface area contributed by atoms with Crippen LogP contribution in [0, 0.1) is 10.5 Å². The van der Waals surface area contributed by atoms with Crippen LogP contribution < -0.4 is 15.5 Å². The third-order valence-electron chi connectivity index (χ3n) is 4.46. The number of hydrazone groups is 1. The van der Waals surface area contributed by atoms with Gasteiger partial charge in [-0.3, -0.25) is 9.59 Å². The number of rotatable bonds is 7. The molecule has 2 N–H and O–H groups in total. The van der Waals surface area contributed by atoms with Gasteiger partial charge in [-0.1, -0.05) is 46.3 Å². The summed E-state index contributed by atoms with van der Waals surface area (Å²) in [7, 11) is 0. The molecule has 0 fully saturated rings. The highest BCUT2D eigenvalue weighted by Gasteiger charge is 2.14. The van der Waals surface area contributed by atoms with Gasteiger partial charge in [0, 0.05) is 13.6 Å². The number of halogens is 2. The Morgan fingerprint density at radius 3 is 2.45 bits per heavy atom. The lowest BCUT2D eigenvalue weighted by molar-refractivity contribution is -0.120.